The van der Waals surface area contributed by atoms with Crippen molar-refractivity contribution in [2.24, 2.45) is 0 Å². The first-order chi connectivity index (χ1) is 12.1. The van der Waals surface area contributed by atoms with Crippen LogP contribution < -0.4 is 10.1 Å². The van der Waals surface area contributed by atoms with Gasteiger partial charge in [0.2, 0.25) is 0 Å². The summed E-state index contributed by atoms with van der Waals surface area (Å²) in [7, 11) is 0. The number of carbonyl (C=O) groups is 2. The van der Waals surface area contributed by atoms with Gasteiger partial charge in [0.05, 0.1) is 12.2 Å². The standard InChI is InChI=1S/C20H23NO4/c1-3-4-13-24-20(23)16-9-11-17(12-10-16)25-14-19(22)21-18-8-6-5-7-15(18)2/h5-12H,3-4,13-14H2,1-2H3,(H,21,22). The Morgan fingerprint density at radius 3 is 2.44 bits per heavy atom. The summed E-state index contributed by atoms with van der Waals surface area (Å²) >= 11 is 0. The van der Waals surface area contributed by atoms with E-state index in [0.29, 0.717) is 17.9 Å². The van der Waals surface area contributed by atoms with Crippen molar-refractivity contribution >= 4 is 17.6 Å². The zero-order valence-corrected chi connectivity index (χ0v) is 14.6. The molecule has 0 fully saturated rings. The highest BCUT2D eigenvalue weighted by atomic mass is 16.5. The van der Waals surface area contributed by atoms with Gasteiger partial charge >= 0.3 is 5.97 Å². The summed E-state index contributed by atoms with van der Waals surface area (Å²) in [6.45, 7) is 4.28. The minimum Gasteiger partial charge on any atom is -0.484 e. The normalized spacial score (nSPS) is 10.2. The Kier molecular flexibility index (Phi) is 7.01. The Bertz CT molecular complexity index is 710. The summed E-state index contributed by atoms with van der Waals surface area (Å²) in [6, 6.07) is 14.1. The van der Waals surface area contributed by atoms with Crippen LogP contribution in [0.1, 0.15) is 35.7 Å². The quantitative estimate of drug-likeness (QED) is 0.583. The number of carbonyl (C=O) groups excluding carboxylic acids is 2. The molecule has 0 spiro atoms. The number of unbranched alkanes of at least 4 members (excludes halogenated alkanes) is 1. The van der Waals surface area contributed by atoms with E-state index in [1.165, 1.54) is 0 Å². The van der Waals surface area contributed by atoms with Crippen molar-refractivity contribution in [2.75, 3.05) is 18.5 Å². The molecule has 2 aromatic carbocycles. The van der Waals surface area contributed by atoms with Crippen molar-refractivity contribution in [3.8, 4) is 5.75 Å². The van der Waals surface area contributed by atoms with E-state index < -0.39 is 0 Å². The first kappa shape index (κ1) is 18.5. The van der Waals surface area contributed by atoms with E-state index >= 15 is 0 Å². The molecule has 1 N–H and O–H groups in total. The highest BCUT2D eigenvalue weighted by Crippen LogP contribution is 2.15. The van der Waals surface area contributed by atoms with E-state index in [1.807, 2.05) is 38.1 Å². The smallest absolute Gasteiger partial charge is 0.338 e. The number of rotatable bonds is 8. The fourth-order valence-electron chi connectivity index (χ4n) is 2.13. The molecule has 5 heteroatoms. The number of hydrogen-bond acceptors (Lipinski definition) is 4. The van der Waals surface area contributed by atoms with Crippen molar-refractivity contribution in [1.82, 2.24) is 0 Å². The van der Waals surface area contributed by atoms with Gasteiger partial charge in [-0.3, -0.25) is 4.79 Å². The molecule has 0 unspecified atom stereocenters. The molecule has 2 aromatic rings. The Morgan fingerprint density at radius 1 is 1.04 bits per heavy atom. The summed E-state index contributed by atoms with van der Waals surface area (Å²) in [4.78, 5) is 23.8. The number of aryl methyl sites for hydroxylation is 1. The Morgan fingerprint density at radius 2 is 1.76 bits per heavy atom. The molecule has 0 atom stereocenters. The molecule has 0 saturated heterocycles. The van der Waals surface area contributed by atoms with Crippen molar-refractivity contribution in [3.05, 3.63) is 59.7 Å². The predicted octanol–water partition coefficient (Wildman–Crippen LogP) is 3.97. The summed E-state index contributed by atoms with van der Waals surface area (Å²) in [5, 5.41) is 2.80. The van der Waals surface area contributed by atoms with Gasteiger partial charge in [-0.1, -0.05) is 31.5 Å². The molecular weight excluding hydrogens is 318 g/mol. The topological polar surface area (TPSA) is 64.6 Å². The van der Waals surface area contributed by atoms with E-state index in [2.05, 4.69) is 5.32 Å². The van der Waals surface area contributed by atoms with Crippen LogP contribution >= 0.6 is 0 Å². The molecule has 0 heterocycles. The highest BCUT2D eigenvalue weighted by molar-refractivity contribution is 5.92. The van der Waals surface area contributed by atoms with Crippen molar-refractivity contribution in [3.63, 3.8) is 0 Å². The molecule has 1 amide bonds. The lowest BCUT2D eigenvalue weighted by Crippen LogP contribution is -2.20. The zero-order chi connectivity index (χ0) is 18.1. The lowest BCUT2D eigenvalue weighted by molar-refractivity contribution is -0.118. The van der Waals surface area contributed by atoms with E-state index in [9.17, 15) is 9.59 Å². The summed E-state index contributed by atoms with van der Waals surface area (Å²) in [5.74, 6) is -0.0697. The third-order valence-corrected chi connectivity index (χ3v) is 3.61. The first-order valence-corrected chi connectivity index (χ1v) is 8.35. The van der Waals surface area contributed by atoms with Gasteiger partial charge in [0.25, 0.3) is 5.91 Å². The van der Waals surface area contributed by atoms with Crippen LogP contribution in [0.2, 0.25) is 0 Å². The fourth-order valence-corrected chi connectivity index (χ4v) is 2.13. The molecule has 0 radical (unpaired) electrons. The number of esters is 1. The maximum absolute atomic E-state index is 11.9. The average molecular weight is 341 g/mol. The second-order valence-corrected chi connectivity index (χ2v) is 5.67. The average Bonchev–Trinajstić information content (AvgIpc) is 2.62. The van der Waals surface area contributed by atoms with Gasteiger partial charge in [-0.2, -0.15) is 0 Å². The molecule has 0 bridgehead atoms. The lowest BCUT2D eigenvalue weighted by Gasteiger charge is -2.10. The summed E-state index contributed by atoms with van der Waals surface area (Å²) < 4.78 is 10.6. The molecule has 132 valence electrons. The summed E-state index contributed by atoms with van der Waals surface area (Å²) in [5.41, 5.74) is 2.22. The van der Waals surface area contributed by atoms with Gasteiger partial charge in [-0.15, -0.1) is 0 Å². The monoisotopic (exact) mass is 341 g/mol. The Labute approximate surface area is 148 Å². The van der Waals surface area contributed by atoms with Crippen LogP contribution in [0.5, 0.6) is 5.75 Å². The van der Waals surface area contributed by atoms with Crippen LogP contribution in [0.15, 0.2) is 48.5 Å². The maximum Gasteiger partial charge on any atom is 0.338 e. The fraction of sp³-hybridized carbons (Fsp3) is 0.300. The van der Waals surface area contributed by atoms with Crippen LogP contribution in [0, 0.1) is 6.92 Å². The Balaban J connectivity index is 1.82. The number of ether oxygens (including phenoxy) is 2. The van der Waals surface area contributed by atoms with Crippen molar-refractivity contribution in [2.45, 2.75) is 26.7 Å². The number of benzene rings is 2. The van der Waals surface area contributed by atoms with Gasteiger partial charge < -0.3 is 14.8 Å². The number of anilines is 1. The number of amides is 1. The van der Waals surface area contributed by atoms with E-state index in [1.54, 1.807) is 24.3 Å². The Hall–Kier alpha value is -2.82. The van der Waals surface area contributed by atoms with E-state index in [-0.39, 0.29) is 18.5 Å². The van der Waals surface area contributed by atoms with Crippen molar-refractivity contribution in [1.29, 1.82) is 0 Å². The van der Waals surface area contributed by atoms with E-state index in [4.69, 9.17) is 9.47 Å². The van der Waals surface area contributed by atoms with Crippen molar-refractivity contribution < 1.29 is 19.1 Å². The van der Waals surface area contributed by atoms with Gasteiger partial charge in [0.1, 0.15) is 5.75 Å². The second-order valence-electron chi connectivity index (χ2n) is 5.67. The van der Waals surface area contributed by atoms with Crippen LogP contribution in [-0.2, 0) is 9.53 Å². The van der Waals surface area contributed by atoms with Gasteiger partial charge in [-0.05, 0) is 49.2 Å². The molecule has 2 rings (SSSR count). The number of nitrogens with one attached hydrogen (secondary N) is 1. The van der Waals surface area contributed by atoms with E-state index in [0.717, 1.165) is 24.1 Å². The zero-order valence-electron chi connectivity index (χ0n) is 14.6. The van der Waals surface area contributed by atoms with Crippen LogP contribution in [0.4, 0.5) is 5.69 Å². The third kappa shape index (κ3) is 5.95. The minimum absolute atomic E-state index is 0.103. The molecule has 0 aliphatic carbocycles. The minimum atomic E-state index is -0.350. The van der Waals surface area contributed by atoms with Crippen LogP contribution in [0.3, 0.4) is 0 Å². The molecule has 5 nitrogen and oxygen atoms in total. The van der Waals surface area contributed by atoms with Crippen LogP contribution in [0.25, 0.3) is 0 Å². The predicted molar refractivity (Wildman–Crippen MR) is 96.9 cm³/mol. The SMILES string of the molecule is CCCCOC(=O)c1ccc(OCC(=O)Nc2ccccc2C)cc1. The number of para-hydroxylation sites is 1. The molecular formula is C20H23NO4. The molecule has 25 heavy (non-hydrogen) atoms. The number of hydrogen-bond donors (Lipinski definition) is 1. The highest BCUT2D eigenvalue weighted by Gasteiger charge is 2.08. The van der Waals surface area contributed by atoms with Gasteiger partial charge in [-0.25, -0.2) is 4.79 Å². The van der Waals surface area contributed by atoms with Crippen LogP contribution in [-0.4, -0.2) is 25.1 Å². The molecule has 0 aliphatic heterocycles. The second kappa shape index (κ2) is 9.47. The molecule has 0 aromatic heterocycles. The maximum atomic E-state index is 11.9. The third-order valence-electron chi connectivity index (χ3n) is 3.61. The molecule has 0 aliphatic rings. The largest absolute Gasteiger partial charge is 0.484 e. The summed E-state index contributed by atoms with van der Waals surface area (Å²) in [6.07, 6.45) is 1.83. The molecule has 0 saturated carbocycles. The lowest BCUT2D eigenvalue weighted by atomic mass is 10.2. The van der Waals surface area contributed by atoms with Gasteiger partial charge in [0.15, 0.2) is 6.61 Å². The first-order valence-electron chi connectivity index (χ1n) is 8.35. The van der Waals surface area contributed by atoms with Gasteiger partial charge in [0, 0.05) is 5.69 Å².